The van der Waals surface area contributed by atoms with Gasteiger partial charge >= 0.3 is 11.9 Å². The van der Waals surface area contributed by atoms with Gasteiger partial charge in [-0.3, -0.25) is 14.5 Å². The van der Waals surface area contributed by atoms with Gasteiger partial charge in [0.1, 0.15) is 0 Å². The molecule has 0 spiro atoms. The van der Waals surface area contributed by atoms with Gasteiger partial charge in [0.25, 0.3) is 0 Å². The minimum Gasteiger partial charge on any atom is -0.469 e. The lowest BCUT2D eigenvalue weighted by Gasteiger charge is -2.34. The summed E-state index contributed by atoms with van der Waals surface area (Å²) in [5, 5.41) is 0. The summed E-state index contributed by atoms with van der Waals surface area (Å²) in [7, 11) is 2.72. The maximum absolute atomic E-state index is 12.9. The molecule has 0 amide bonds. The van der Waals surface area contributed by atoms with E-state index in [1.165, 1.54) is 14.2 Å². The lowest BCUT2D eigenvalue weighted by atomic mass is 9.94. The first kappa shape index (κ1) is 19.2. The molecule has 1 aliphatic rings. The Kier molecular flexibility index (Phi) is 6.00. The van der Waals surface area contributed by atoms with E-state index in [0.29, 0.717) is 48.4 Å². The van der Waals surface area contributed by atoms with Crippen LogP contribution >= 0.6 is 0 Å². The highest BCUT2D eigenvalue weighted by molar-refractivity contribution is 6.03. The molecule has 7 nitrogen and oxygen atoms in total. The van der Waals surface area contributed by atoms with Gasteiger partial charge in [-0.05, 0) is 52.3 Å². The third-order valence-electron chi connectivity index (χ3n) is 5.06. The number of hydrogen-bond acceptors (Lipinski definition) is 6. The van der Waals surface area contributed by atoms with E-state index in [4.69, 9.17) is 9.47 Å². The molecule has 1 aromatic heterocycles. The quantitative estimate of drug-likeness (QED) is 0.644. The maximum Gasteiger partial charge on any atom is 0.339 e. The van der Waals surface area contributed by atoms with Crippen LogP contribution in [-0.4, -0.2) is 61.0 Å². The fourth-order valence-electron chi connectivity index (χ4n) is 3.47. The Morgan fingerprint density at radius 3 is 2.24 bits per heavy atom. The first-order chi connectivity index (χ1) is 11.8. The number of nitrogens with zero attached hydrogens (tertiary/aromatic N) is 1. The molecule has 2 heterocycles. The average Bonchev–Trinajstić information content (AvgIpc) is 2.93. The SMILES string of the molecule is COC(=O)c1c(C)[nH]c(C(=O)[C@@H](C)N2CCC(C(=O)OC)CC2)c1C. The average molecular weight is 350 g/mol. The molecule has 1 N–H and O–H groups in total. The number of piperidine rings is 1. The Bertz CT molecular complexity index is 671. The molecule has 0 bridgehead atoms. The molecule has 1 aromatic rings. The van der Waals surface area contributed by atoms with Crippen LogP contribution in [-0.2, 0) is 14.3 Å². The number of aromatic amines is 1. The minimum absolute atomic E-state index is 0.0627. The smallest absolute Gasteiger partial charge is 0.339 e. The molecule has 0 aromatic carbocycles. The van der Waals surface area contributed by atoms with Gasteiger partial charge in [-0.1, -0.05) is 0 Å². The molecule has 7 heteroatoms. The minimum atomic E-state index is -0.447. The van der Waals surface area contributed by atoms with Crippen LogP contribution in [0.1, 0.15) is 51.9 Å². The van der Waals surface area contributed by atoms with E-state index in [2.05, 4.69) is 9.88 Å². The van der Waals surface area contributed by atoms with Crippen LogP contribution < -0.4 is 0 Å². The van der Waals surface area contributed by atoms with Crippen LogP contribution in [0.5, 0.6) is 0 Å². The highest BCUT2D eigenvalue weighted by Gasteiger charge is 2.32. The largest absolute Gasteiger partial charge is 0.469 e. The lowest BCUT2D eigenvalue weighted by molar-refractivity contribution is -0.147. The van der Waals surface area contributed by atoms with Crippen molar-refractivity contribution in [2.75, 3.05) is 27.3 Å². The van der Waals surface area contributed by atoms with Crippen molar-refractivity contribution in [3.8, 4) is 0 Å². The number of ether oxygens (including phenoxy) is 2. The number of likely N-dealkylation sites (tertiary alicyclic amines) is 1. The number of hydrogen-bond donors (Lipinski definition) is 1. The molecule has 1 atom stereocenters. The van der Waals surface area contributed by atoms with E-state index >= 15 is 0 Å². The van der Waals surface area contributed by atoms with Crippen molar-refractivity contribution < 1.29 is 23.9 Å². The van der Waals surface area contributed by atoms with Gasteiger partial charge in [-0.25, -0.2) is 4.79 Å². The van der Waals surface area contributed by atoms with Gasteiger partial charge in [0.05, 0.1) is 37.4 Å². The Balaban J connectivity index is 2.11. The fraction of sp³-hybridized carbons (Fsp3) is 0.611. The second-order valence-electron chi connectivity index (χ2n) is 6.49. The molecule has 1 aliphatic heterocycles. The molecule has 0 aliphatic carbocycles. The zero-order chi connectivity index (χ0) is 18.7. The van der Waals surface area contributed by atoms with E-state index in [1.807, 2.05) is 6.92 Å². The van der Waals surface area contributed by atoms with Crippen LogP contribution in [0.4, 0.5) is 0 Å². The number of carbonyl (C=O) groups is 3. The Morgan fingerprint density at radius 1 is 1.12 bits per heavy atom. The first-order valence-corrected chi connectivity index (χ1v) is 8.45. The van der Waals surface area contributed by atoms with Crippen LogP contribution in [0, 0.1) is 19.8 Å². The van der Waals surface area contributed by atoms with Gasteiger partial charge in [0, 0.05) is 5.69 Å². The fourth-order valence-corrected chi connectivity index (χ4v) is 3.47. The van der Waals surface area contributed by atoms with Crippen molar-refractivity contribution in [2.24, 2.45) is 5.92 Å². The molecule has 1 saturated heterocycles. The predicted molar refractivity (Wildman–Crippen MR) is 91.7 cm³/mol. The summed E-state index contributed by atoms with van der Waals surface area (Å²) in [5.74, 6) is -0.787. The number of methoxy groups -OCH3 is 2. The number of Topliss-reactive ketones (excluding diaryl/α,β-unsaturated/α-hetero) is 1. The highest BCUT2D eigenvalue weighted by Crippen LogP contribution is 2.24. The molecule has 0 unspecified atom stereocenters. The van der Waals surface area contributed by atoms with E-state index in [1.54, 1.807) is 13.8 Å². The Hall–Kier alpha value is -2.15. The van der Waals surface area contributed by atoms with Gasteiger partial charge in [-0.2, -0.15) is 0 Å². The molecule has 138 valence electrons. The number of rotatable bonds is 5. The van der Waals surface area contributed by atoms with Gasteiger partial charge in [0.2, 0.25) is 0 Å². The second-order valence-corrected chi connectivity index (χ2v) is 6.49. The van der Waals surface area contributed by atoms with E-state index < -0.39 is 5.97 Å². The lowest BCUT2D eigenvalue weighted by Crippen LogP contribution is -2.45. The number of aryl methyl sites for hydroxylation is 1. The molecule has 1 fully saturated rings. The second kappa shape index (κ2) is 7.82. The third kappa shape index (κ3) is 3.76. The number of H-pyrrole nitrogens is 1. The Labute approximate surface area is 147 Å². The molecule has 25 heavy (non-hydrogen) atoms. The van der Waals surface area contributed by atoms with Crippen LogP contribution in [0.25, 0.3) is 0 Å². The molecule has 2 rings (SSSR count). The summed E-state index contributed by atoms with van der Waals surface area (Å²) in [5.41, 5.74) is 2.11. The molecular formula is C18H26N2O5. The number of aromatic nitrogens is 1. The van der Waals surface area contributed by atoms with Crippen molar-refractivity contribution in [3.05, 3.63) is 22.5 Å². The van der Waals surface area contributed by atoms with Crippen molar-refractivity contribution >= 4 is 17.7 Å². The first-order valence-electron chi connectivity index (χ1n) is 8.45. The van der Waals surface area contributed by atoms with Crippen molar-refractivity contribution in [1.29, 1.82) is 0 Å². The van der Waals surface area contributed by atoms with Crippen LogP contribution in [0.3, 0.4) is 0 Å². The number of nitrogens with one attached hydrogen (secondary N) is 1. The van der Waals surface area contributed by atoms with Crippen LogP contribution in [0.15, 0.2) is 0 Å². The Morgan fingerprint density at radius 2 is 1.72 bits per heavy atom. The van der Waals surface area contributed by atoms with Crippen molar-refractivity contribution in [3.63, 3.8) is 0 Å². The number of carbonyl (C=O) groups excluding carboxylic acids is 3. The van der Waals surface area contributed by atoms with E-state index in [-0.39, 0.29) is 23.7 Å². The monoisotopic (exact) mass is 350 g/mol. The molecular weight excluding hydrogens is 324 g/mol. The van der Waals surface area contributed by atoms with Crippen molar-refractivity contribution in [1.82, 2.24) is 9.88 Å². The zero-order valence-corrected chi connectivity index (χ0v) is 15.5. The van der Waals surface area contributed by atoms with Gasteiger partial charge in [0.15, 0.2) is 5.78 Å². The summed E-state index contributed by atoms with van der Waals surface area (Å²) in [6.07, 6.45) is 1.36. The van der Waals surface area contributed by atoms with E-state index in [9.17, 15) is 14.4 Å². The van der Waals surface area contributed by atoms with Gasteiger partial charge < -0.3 is 14.5 Å². The maximum atomic E-state index is 12.9. The summed E-state index contributed by atoms with van der Waals surface area (Å²) < 4.78 is 9.58. The standard InChI is InChI=1S/C18H26N2O5/c1-10-14(18(23)25-5)11(2)19-15(10)16(21)12(3)20-8-6-13(7-9-20)17(22)24-4/h12-13,19H,6-9H2,1-5H3/t12-/m1/s1. The topological polar surface area (TPSA) is 88.7 Å². The highest BCUT2D eigenvalue weighted by atomic mass is 16.5. The number of esters is 2. The summed E-state index contributed by atoms with van der Waals surface area (Å²) in [6, 6.07) is -0.333. The zero-order valence-electron chi connectivity index (χ0n) is 15.5. The van der Waals surface area contributed by atoms with Gasteiger partial charge in [-0.15, -0.1) is 0 Å². The summed E-state index contributed by atoms with van der Waals surface area (Å²) in [4.78, 5) is 41.5. The number of ketones is 1. The predicted octanol–water partition coefficient (Wildman–Crippen LogP) is 1.87. The summed E-state index contributed by atoms with van der Waals surface area (Å²) in [6.45, 7) is 6.68. The normalized spacial score (nSPS) is 17.2. The molecule has 0 saturated carbocycles. The third-order valence-corrected chi connectivity index (χ3v) is 5.06. The summed E-state index contributed by atoms with van der Waals surface area (Å²) >= 11 is 0. The van der Waals surface area contributed by atoms with E-state index in [0.717, 1.165) is 0 Å². The molecule has 0 radical (unpaired) electrons. The van der Waals surface area contributed by atoms with Crippen molar-refractivity contribution in [2.45, 2.75) is 39.7 Å². The van der Waals surface area contributed by atoms with Crippen LogP contribution in [0.2, 0.25) is 0 Å².